The van der Waals surface area contributed by atoms with Crippen molar-refractivity contribution in [3.8, 4) is 5.75 Å². The van der Waals surface area contributed by atoms with E-state index in [-0.39, 0.29) is 18.9 Å². The number of carbonyl (C=O) groups is 3. The van der Waals surface area contributed by atoms with E-state index in [4.69, 9.17) is 4.74 Å². The second kappa shape index (κ2) is 10.1. The molecule has 0 spiro atoms. The van der Waals surface area contributed by atoms with Crippen molar-refractivity contribution >= 4 is 23.4 Å². The Balaban J connectivity index is 1.66. The molecule has 0 N–H and O–H groups in total. The van der Waals surface area contributed by atoms with Gasteiger partial charge in [-0.3, -0.25) is 14.4 Å². The van der Waals surface area contributed by atoms with Crippen molar-refractivity contribution in [2.75, 3.05) is 12.0 Å². The number of rotatable bonds is 7. The fraction of sp³-hybridized carbons (Fsp3) is 0.250. The van der Waals surface area contributed by atoms with E-state index < -0.39 is 23.7 Å². The minimum absolute atomic E-state index is 0.0506. The maximum atomic E-state index is 13.5. The summed E-state index contributed by atoms with van der Waals surface area (Å²) in [5.74, 6) is -0.727. The summed E-state index contributed by atoms with van der Waals surface area (Å²) in [6.45, 7) is 4.18. The van der Waals surface area contributed by atoms with Gasteiger partial charge in [0.05, 0.1) is 19.2 Å². The molecule has 4 rings (SSSR count). The summed E-state index contributed by atoms with van der Waals surface area (Å²) in [5, 5.41) is 0. The van der Waals surface area contributed by atoms with Gasteiger partial charge in [0.15, 0.2) is 0 Å². The molecule has 1 heterocycles. The quantitative estimate of drug-likeness (QED) is 0.456. The number of halogens is 1. The number of hydrogen-bond donors (Lipinski definition) is 0. The van der Waals surface area contributed by atoms with Crippen molar-refractivity contribution in [1.82, 2.24) is 4.90 Å². The van der Waals surface area contributed by atoms with Gasteiger partial charge in [0.2, 0.25) is 5.91 Å². The third-order valence-corrected chi connectivity index (χ3v) is 6.18. The van der Waals surface area contributed by atoms with Crippen LogP contribution in [0, 0.1) is 5.82 Å². The molecule has 0 aromatic heterocycles. The maximum Gasteiger partial charge on any atom is 0.257 e. The lowest BCUT2D eigenvalue weighted by molar-refractivity contribution is -0.122. The molecule has 0 bridgehead atoms. The average molecular weight is 475 g/mol. The summed E-state index contributed by atoms with van der Waals surface area (Å²) in [4.78, 5) is 42.5. The Bertz CT molecular complexity index is 1220. The number of ether oxygens (including phenoxy) is 1. The Kier molecular flexibility index (Phi) is 6.96. The number of benzene rings is 3. The summed E-state index contributed by atoms with van der Waals surface area (Å²) in [6, 6.07) is 18.6. The van der Waals surface area contributed by atoms with Crippen molar-refractivity contribution in [3.05, 3.63) is 95.3 Å². The molecule has 0 radical (unpaired) electrons. The van der Waals surface area contributed by atoms with Crippen LogP contribution in [0.4, 0.5) is 10.1 Å². The predicted octanol–water partition coefficient (Wildman–Crippen LogP) is 4.93. The van der Waals surface area contributed by atoms with E-state index in [1.165, 1.54) is 24.1 Å². The highest BCUT2D eigenvalue weighted by atomic mass is 19.1. The number of hydrogen-bond acceptors (Lipinski definition) is 4. The highest BCUT2D eigenvalue weighted by Gasteiger charge is 2.44. The van der Waals surface area contributed by atoms with Crippen LogP contribution in [0.5, 0.6) is 5.75 Å². The van der Waals surface area contributed by atoms with Crippen LogP contribution >= 0.6 is 0 Å². The van der Waals surface area contributed by atoms with Crippen molar-refractivity contribution in [2.24, 2.45) is 0 Å². The lowest BCUT2D eigenvalue weighted by atomic mass is 10.0. The van der Waals surface area contributed by atoms with Crippen molar-refractivity contribution in [2.45, 2.75) is 38.8 Å². The number of imide groups is 1. The van der Waals surface area contributed by atoms with E-state index in [1.54, 1.807) is 48.5 Å². The van der Waals surface area contributed by atoms with Crippen LogP contribution in [0.25, 0.3) is 0 Å². The number of anilines is 1. The zero-order valence-corrected chi connectivity index (χ0v) is 19.9. The Hall–Kier alpha value is -4.00. The molecule has 3 amide bonds. The number of nitrogens with zero attached hydrogens (tertiary/aromatic N) is 2. The molecular formula is C28H27FN2O4. The summed E-state index contributed by atoms with van der Waals surface area (Å²) >= 11 is 0. The van der Waals surface area contributed by atoms with Gasteiger partial charge in [-0.25, -0.2) is 9.29 Å². The normalized spacial score (nSPS) is 15.6. The molecule has 1 saturated heterocycles. The van der Waals surface area contributed by atoms with Gasteiger partial charge in [0.25, 0.3) is 11.8 Å². The molecule has 1 aliphatic rings. The van der Waals surface area contributed by atoms with Crippen LogP contribution < -0.4 is 9.64 Å². The number of carbonyl (C=O) groups excluding carboxylic acids is 3. The highest BCUT2D eigenvalue weighted by Crippen LogP contribution is 2.29. The SMILES string of the molecule is COc1ccc(C(=O)N(Cc2ccc(F)cc2)C2CC(=O)N(c3ccc(C(C)C)cc3)C2=O)cc1. The molecule has 0 aliphatic carbocycles. The Morgan fingerprint density at radius 1 is 1.00 bits per heavy atom. The van der Waals surface area contributed by atoms with Gasteiger partial charge in [-0.15, -0.1) is 0 Å². The van der Waals surface area contributed by atoms with Crippen molar-refractivity contribution in [3.63, 3.8) is 0 Å². The fourth-order valence-corrected chi connectivity index (χ4v) is 4.15. The van der Waals surface area contributed by atoms with E-state index in [0.717, 1.165) is 10.5 Å². The smallest absolute Gasteiger partial charge is 0.257 e. The molecule has 3 aromatic rings. The molecule has 6 nitrogen and oxygen atoms in total. The van der Waals surface area contributed by atoms with Crippen molar-refractivity contribution < 1.29 is 23.5 Å². The molecule has 180 valence electrons. The van der Waals surface area contributed by atoms with E-state index in [0.29, 0.717) is 28.5 Å². The van der Waals surface area contributed by atoms with Gasteiger partial charge in [-0.2, -0.15) is 0 Å². The molecule has 35 heavy (non-hydrogen) atoms. The molecule has 1 unspecified atom stereocenters. The standard InChI is InChI=1S/C28H27FN2O4/c1-18(2)20-6-12-23(13-7-20)31-26(32)16-25(28(31)34)30(17-19-4-10-22(29)11-5-19)27(33)21-8-14-24(35-3)15-9-21/h4-15,18,25H,16-17H2,1-3H3. The van der Waals surface area contributed by atoms with Gasteiger partial charge in [-0.05, 0) is 65.6 Å². The van der Waals surface area contributed by atoms with Crippen LogP contribution in [0.2, 0.25) is 0 Å². The summed E-state index contributed by atoms with van der Waals surface area (Å²) in [6.07, 6.45) is -0.131. The number of methoxy groups -OCH3 is 1. The molecule has 1 atom stereocenters. The topological polar surface area (TPSA) is 66.9 Å². The van der Waals surface area contributed by atoms with E-state index in [1.807, 2.05) is 12.1 Å². The summed E-state index contributed by atoms with van der Waals surface area (Å²) in [5.41, 5.74) is 2.57. The summed E-state index contributed by atoms with van der Waals surface area (Å²) in [7, 11) is 1.53. The monoisotopic (exact) mass is 474 g/mol. The Morgan fingerprint density at radius 2 is 1.63 bits per heavy atom. The van der Waals surface area contributed by atoms with Crippen LogP contribution in [0.15, 0.2) is 72.8 Å². The second-order valence-electron chi connectivity index (χ2n) is 8.82. The first kappa shape index (κ1) is 24.1. The minimum Gasteiger partial charge on any atom is -0.497 e. The van der Waals surface area contributed by atoms with Gasteiger partial charge < -0.3 is 9.64 Å². The molecule has 1 aliphatic heterocycles. The van der Waals surface area contributed by atoms with Crippen LogP contribution in [-0.4, -0.2) is 35.8 Å². The van der Waals surface area contributed by atoms with Crippen LogP contribution in [0.3, 0.4) is 0 Å². The predicted molar refractivity (Wildman–Crippen MR) is 131 cm³/mol. The molecule has 1 fully saturated rings. The first-order valence-corrected chi connectivity index (χ1v) is 11.4. The molecule has 7 heteroatoms. The van der Waals surface area contributed by atoms with Gasteiger partial charge in [0.1, 0.15) is 17.6 Å². The fourth-order valence-electron chi connectivity index (χ4n) is 4.15. The lowest BCUT2D eigenvalue weighted by Gasteiger charge is -2.28. The van der Waals surface area contributed by atoms with Gasteiger partial charge in [-0.1, -0.05) is 38.1 Å². The average Bonchev–Trinajstić information content (AvgIpc) is 3.16. The zero-order valence-electron chi connectivity index (χ0n) is 19.9. The minimum atomic E-state index is -0.980. The third-order valence-electron chi connectivity index (χ3n) is 6.18. The van der Waals surface area contributed by atoms with Crippen LogP contribution in [0.1, 0.15) is 47.7 Å². The molecule has 3 aromatic carbocycles. The molecular weight excluding hydrogens is 447 g/mol. The third kappa shape index (κ3) is 5.09. The van der Waals surface area contributed by atoms with Crippen molar-refractivity contribution in [1.29, 1.82) is 0 Å². The van der Waals surface area contributed by atoms with E-state index in [9.17, 15) is 18.8 Å². The largest absolute Gasteiger partial charge is 0.497 e. The van der Waals surface area contributed by atoms with Gasteiger partial charge in [0, 0.05) is 12.1 Å². The Morgan fingerprint density at radius 3 is 2.20 bits per heavy atom. The first-order valence-electron chi connectivity index (χ1n) is 11.4. The van der Waals surface area contributed by atoms with Crippen LogP contribution in [-0.2, 0) is 16.1 Å². The molecule has 0 saturated carbocycles. The van der Waals surface area contributed by atoms with Gasteiger partial charge >= 0.3 is 0 Å². The van der Waals surface area contributed by atoms with E-state index in [2.05, 4.69) is 13.8 Å². The zero-order chi connectivity index (χ0) is 25.1. The highest BCUT2D eigenvalue weighted by molar-refractivity contribution is 6.23. The first-order chi connectivity index (χ1) is 16.8. The maximum absolute atomic E-state index is 13.5. The lowest BCUT2D eigenvalue weighted by Crippen LogP contribution is -2.45. The Labute approximate surface area is 203 Å². The summed E-state index contributed by atoms with van der Waals surface area (Å²) < 4.78 is 18.6. The number of amides is 3. The second-order valence-corrected chi connectivity index (χ2v) is 8.82. The van der Waals surface area contributed by atoms with E-state index >= 15 is 0 Å².